The number of benzene rings is 1. The minimum atomic E-state index is -0.110. The highest BCUT2D eigenvalue weighted by molar-refractivity contribution is 14.0. The standard InChI is InChI=1S/C23H34N6O2.HI/c1-24-23(25-12-7-15-31-21-10-3-2-4-11-21)26-17-19-8-5-9-20(16-19)28-22(30)18-29-14-6-13-27-29;/h5-6,8-9,13-14,16,21H,2-4,7,10-12,15,17-18H2,1H3,(H,28,30)(H2,24,25,26);1H. The van der Waals surface area contributed by atoms with Crippen LogP contribution in [0.3, 0.4) is 0 Å². The lowest BCUT2D eigenvalue weighted by atomic mass is 9.98. The molecule has 176 valence electrons. The Morgan fingerprint density at radius 1 is 1.22 bits per heavy atom. The van der Waals surface area contributed by atoms with E-state index in [-0.39, 0.29) is 36.4 Å². The molecule has 1 aromatic carbocycles. The summed E-state index contributed by atoms with van der Waals surface area (Å²) in [6.45, 7) is 2.41. The molecule has 1 aromatic heterocycles. The van der Waals surface area contributed by atoms with E-state index in [1.54, 1.807) is 30.2 Å². The predicted molar refractivity (Wildman–Crippen MR) is 138 cm³/mol. The van der Waals surface area contributed by atoms with Crippen molar-refractivity contribution in [2.75, 3.05) is 25.5 Å². The second-order valence-electron chi connectivity index (χ2n) is 7.79. The Hall–Kier alpha value is -2.14. The Morgan fingerprint density at radius 3 is 2.81 bits per heavy atom. The molecule has 1 aliphatic rings. The van der Waals surface area contributed by atoms with Crippen molar-refractivity contribution < 1.29 is 9.53 Å². The van der Waals surface area contributed by atoms with Gasteiger partial charge in [-0.15, -0.1) is 24.0 Å². The van der Waals surface area contributed by atoms with Crippen LogP contribution in [0.25, 0.3) is 0 Å². The minimum Gasteiger partial charge on any atom is -0.378 e. The van der Waals surface area contributed by atoms with E-state index in [1.165, 1.54) is 32.1 Å². The fourth-order valence-electron chi connectivity index (χ4n) is 3.67. The molecule has 0 saturated heterocycles. The summed E-state index contributed by atoms with van der Waals surface area (Å²) < 4.78 is 7.56. The Bertz CT molecular complexity index is 822. The van der Waals surface area contributed by atoms with Crippen molar-refractivity contribution in [1.29, 1.82) is 0 Å². The van der Waals surface area contributed by atoms with Crippen LogP contribution in [0, 0.1) is 0 Å². The number of guanidine groups is 1. The maximum atomic E-state index is 12.1. The van der Waals surface area contributed by atoms with E-state index in [4.69, 9.17) is 4.74 Å². The highest BCUT2D eigenvalue weighted by atomic mass is 127. The molecule has 3 N–H and O–H groups in total. The monoisotopic (exact) mass is 554 g/mol. The third-order valence-corrected chi connectivity index (χ3v) is 5.28. The summed E-state index contributed by atoms with van der Waals surface area (Å²) >= 11 is 0. The van der Waals surface area contributed by atoms with Gasteiger partial charge in [0.05, 0.1) is 6.10 Å². The summed E-state index contributed by atoms with van der Waals surface area (Å²) in [5, 5.41) is 13.6. The van der Waals surface area contributed by atoms with Gasteiger partial charge in [0.1, 0.15) is 6.54 Å². The van der Waals surface area contributed by atoms with E-state index in [2.05, 4.69) is 26.0 Å². The van der Waals surface area contributed by atoms with E-state index in [1.807, 2.05) is 24.3 Å². The Morgan fingerprint density at radius 2 is 2.06 bits per heavy atom. The summed E-state index contributed by atoms with van der Waals surface area (Å²) in [7, 11) is 1.76. The highest BCUT2D eigenvalue weighted by Crippen LogP contribution is 2.20. The number of aromatic nitrogens is 2. The average molecular weight is 554 g/mol. The first-order valence-electron chi connectivity index (χ1n) is 11.2. The molecule has 3 rings (SSSR count). The number of carbonyl (C=O) groups is 1. The van der Waals surface area contributed by atoms with Crippen molar-refractivity contribution in [3.63, 3.8) is 0 Å². The van der Waals surface area contributed by atoms with Crippen molar-refractivity contribution in [3.05, 3.63) is 48.3 Å². The number of rotatable bonds is 10. The molecule has 0 unspecified atom stereocenters. The lowest BCUT2D eigenvalue weighted by molar-refractivity contribution is -0.116. The second-order valence-corrected chi connectivity index (χ2v) is 7.79. The van der Waals surface area contributed by atoms with Gasteiger partial charge in [-0.3, -0.25) is 14.5 Å². The van der Waals surface area contributed by atoms with Gasteiger partial charge in [0.25, 0.3) is 0 Å². The quantitative estimate of drug-likeness (QED) is 0.181. The number of carbonyl (C=O) groups excluding carboxylic acids is 1. The first kappa shape index (κ1) is 26.1. The van der Waals surface area contributed by atoms with Crippen LogP contribution < -0.4 is 16.0 Å². The molecule has 1 amide bonds. The lowest BCUT2D eigenvalue weighted by Crippen LogP contribution is -2.37. The number of ether oxygens (including phenoxy) is 1. The largest absolute Gasteiger partial charge is 0.378 e. The fraction of sp³-hybridized carbons (Fsp3) is 0.522. The first-order chi connectivity index (χ1) is 15.2. The Labute approximate surface area is 207 Å². The molecular formula is C23H35IN6O2. The van der Waals surface area contributed by atoms with Crippen LogP contribution in [0.5, 0.6) is 0 Å². The van der Waals surface area contributed by atoms with E-state index in [9.17, 15) is 4.79 Å². The molecule has 0 aliphatic heterocycles. The van der Waals surface area contributed by atoms with Crippen molar-refractivity contribution in [2.45, 2.75) is 57.7 Å². The third kappa shape index (κ3) is 9.56. The van der Waals surface area contributed by atoms with Crippen molar-refractivity contribution >= 4 is 41.5 Å². The van der Waals surface area contributed by atoms with E-state index in [0.29, 0.717) is 12.6 Å². The second kappa shape index (κ2) is 14.8. The Balaban J connectivity index is 0.00000363. The van der Waals surface area contributed by atoms with Gasteiger partial charge in [0, 0.05) is 44.8 Å². The number of amides is 1. The van der Waals surface area contributed by atoms with Crippen LogP contribution in [0.15, 0.2) is 47.7 Å². The van der Waals surface area contributed by atoms with Gasteiger partial charge in [-0.1, -0.05) is 31.4 Å². The zero-order valence-corrected chi connectivity index (χ0v) is 21.1. The number of halogens is 1. The number of nitrogens with one attached hydrogen (secondary N) is 3. The minimum absolute atomic E-state index is 0. The molecule has 0 radical (unpaired) electrons. The molecular weight excluding hydrogens is 519 g/mol. The lowest BCUT2D eigenvalue weighted by Gasteiger charge is -2.22. The van der Waals surface area contributed by atoms with E-state index in [0.717, 1.165) is 36.8 Å². The summed E-state index contributed by atoms with van der Waals surface area (Å²) in [6, 6.07) is 9.58. The van der Waals surface area contributed by atoms with Crippen molar-refractivity contribution in [1.82, 2.24) is 20.4 Å². The summed E-state index contributed by atoms with van der Waals surface area (Å²) in [4.78, 5) is 16.4. The zero-order chi connectivity index (χ0) is 21.7. The van der Waals surface area contributed by atoms with Crippen LogP contribution in [0.2, 0.25) is 0 Å². The molecule has 2 aromatic rings. The predicted octanol–water partition coefficient (Wildman–Crippen LogP) is 3.54. The summed E-state index contributed by atoms with van der Waals surface area (Å²) in [5.41, 5.74) is 1.82. The zero-order valence-electron chi connectivity index (χ0n) is 18.8. The summed E-state index contributed by atoms with van der Waals surface area (Å²) in [5.74, 6) is 0.646. The first-order valence-corrected chi connectivity index (χ1v) is 11.2. The molecule has 0 spiro atoms. The fourth-order valence-corrected chi connectivity index (χ4v) is 3.67. The molecule has 8 nitrogen and oxygen atoms in total. The van der Waals surface area contributed by atoms with Gasteiger partial charge in [0.2, 0.25) is 5.91 Å². The highest BCUT2D eigenvalue weighted by Gasteiger charge is 2.13. The average Bonchev–Trinajstić information content (AvgIpc) is 3.29. The van der Waals surface area contributed by atoms with Gasteiger partial charge in [-0.25, -0.2) is 0 Å². The van der Waals surface area contributed by atoms with Crippen LogP contribution in [-0.4, -0.2) is 48.0 Å². The smallest absolute Gasteiger partial charge is 0.246 e. The van der Waals surface area contributed by atoms with Crippen molar-refractivity contribution in [3.8, 4) is 0 Å². The van der Waals surface area contributed by atoms with Gasteiger partial charge >= 0.3 is 0 Å². The van der Waals surface area contributed by atoms with Crippen LogP contribution >= 0.6 is 24.0 Å². The van der Waals surface area contributed by atoms with E-state index < -0.39 is 0 Å². The maximum Gasteiger partial charge on any atom is 0.246 e. The number of nitrogens with zero attached hydrogens (tertiary/aromatic N) is 3. The number of hydrogen-bond donors (Lipinski definition) is 3. The molecule has 1 fully saturated rings. The topological polar surface area (TPSA) is 92.6 Å². The summed E-state index contributed by atoms with van der Waals surface area (Å²) in [6.07, 6.45) is 11.2. The molecule has 32 heavy (non-hydrogen) atoms. The SMILES string of the molecule is CN=C(NCCCOC1CCCCC1)NCc1cccc(NC(=O)Cn2cccn2)c1.I. The van der Waals surface area contributed by atoms with Crippen LogP contribution in [0.1, 0.15) is 44.1 Å². The van der Waals surface area contributed by atoms with Gasteiger partial charge in [0.15, 0.2) is 5.96 Å². The Kier molecular flexibility index (Phi) is 12.1. The maximum absolute atomic E-state index is 12.1. The number of aliphatic imine (C=N–C) groups is 1. The number of anilines is 1. The van der Waals surface area contributed by atoms with Crippen LogP contribution in [-0.2, 0) is 22.6 Å². The van der Waals surface area contributed by atoms with Gasteiger partial charge < -0.3 is 20.7 Å². The third-order valence-electron chi connectivity index (χ3n) is 5.28. The van der Waals surface area contributed by atoms with Crippen LogP contribution in [0.4, 0.5) is 5.69 Å². The van der Waals surface area contributed by atoms with Gasteiger partial charge in [-0.2, -0.15) is 5.10 Å². The molecule has 1 heterocycles. The van der Waals surface area contributed by atoms with E-state index >= 15 is 0 Å². The molecule has 1 aliphatic carbocycles. The molecule has 0 atom stereocenters. The molecule has 9 heteroatoms. The number of hydrogen-bond acceptors (Lipinski definition) is 4. The molecule has 1 saturated carbocycles. The normalized spacial score (nSPS) is 14.5. The van der Waals surface area contributed by atoms with Crippen molar-refractivity contribution in [2.24, 2.45) is 4.99 Å². The molecule has 0 bridgehead atoms. The van der Waals surface area contributed by atoms with Gasteiger partial charge in [-0.05, 0) is 43.0 Å².